The van der Waals surface area contributed by atoms with Gasteiger partial charge < -0.3 is 14.5 Å². The maximum atomic E-state index is 12.2. The highest BCUT2D eigenvalue weighted by Gasteiger charge is 2.13. The zero-order valence-corrected chi connectivity index (χ0v) is 16.2. The van der Waals surface area contributed by atoms with Gasteiger partial charge >= 0.3 is 11.9 Å². The Morgan fingerprint density at radius 1 is 1.23 bits per heavy atom. The van der Waals surface area contributed by atoms with E-state index in [9.17, 15) is 19.7 Å². The Kier molecular flexibility index (Phi) is 6.06. The van der Waals surface area contributed by atoms with Gasteiger partial charge in [0.25, 0.3) is 5.91 Å². The van der Waals surface area contributed by atoms with Crippen LogP contribution in [0, 0.1) is 24.0 Å². The van der Waals surface area contributed by atoms with Gasteiger partial charge in [0.15, 0.2) is 6.61 Å². The van der Waals surface area contributed by atoms with Gasteiger partial charge in [0.1, 0.15) is 16.5 Å². The molecule has 3 aromatic rings. The van der Waals surface area contributed by atoms with Gasteiger partial charge in [-0.3, -0.25) is 14.9 Å². The summed E-state index contributed by atoms with van der Waals surface area (Å²) in [4.78, 5) is 33.8. The fourth-order valence-corrected chi connectivity index (χ4v) is 2.52. The Morgan fingerprint density at radius 3 is 2.63 bits per heavy atom. The second-order valence-corrected chi connectivity index (χ2v) is 6.34. The van der Waals surface area contributed by atoms with Crippen molar-refractivity contribution in [3.63, 3.8) is 0 Å². The average Bonchev–Trinajstić information content (AvgIpc) is 3.32. The van der Waals surface area contributed by atoms with Crippen LogP contribution in [0.15, 0.2) is 53.0 Å². The number of carbonyl (C=O) groups excluding carboxylic acids is 2. The first kappa shape index (κ1) is 20.5. The number of benzene rings is 1. The topological polar surface area (TPSA) is 130 Å². The number of nitro groups is 1. The van der Waals surface area contributed by atoms with Crippen molar-refractivity contribution in [3.05, 3.63) is 75.7 Å². The molecule has 30 heavy (non-hydrogen) atoms. The van der Waals surface area contributed by atoms with Gasteiger partial charge in [0.05, 0.1) is 17.4 Å². The summed E-state index contributed by atoms with van der Waals surface area (Å²) in [5, 5.41) is 17.6. The molecule has 154 valence electrons. The number of aryl methyl sites for hydroxylation is 2. The van der Waals surface area contributed by atoms with E-state index in [-0.39, 0.29) is 5.76 Å². The number of furan rings is 1. The molecule has 0 saturated carbocycles. The first-order valence-corrected chi connectivity index (χ1v) is 8.84. The molecule has 3 rings (SSSR count). The lowest BCUT2D eigenvalue weighted by Crippen LogP contribution is -2.21. The molecule has 0 bridgehead atoms. The van der Waals surface area contributed by atoms with Gasteiger partial charge in [0.2, 0.25) is 0 Å². The molecule has 2 heterocycles. The number of nitrogens with one attached hydrogen (secondary N) is 1. The van der Waals surface area contributed by atoms with E-state index in [1.165, 1.54) is 12.1 Å². The zero-order valence-electron chi connectivity index (χ0n) is 16.2. The molecule has 0 aliphatic heterocycles. The quantitative estimate of drug-likeness (QED) is 0.274. The second-order valence-electron chi connectivity index (χ2n) is 6.34. The van der Waals surface area contributed by atoms with Crippen molar-refractivity contribution < 1.29 is 23.7 Å². The number of carbonyl (C=O) groups is 2. The van der Waals surface area contributed by atoms with Crippen LogP contribution in [0.1, 0.15) is 17.0 Å². The third-order valence-electron chi connectivity index (χ3n) is 3.90. The molecule has 0 atom stereocenters. The van der Waals surface area contributed by atoms with E-state index in [1.807, 2.05) is 31.2 Å². The van der Waals surface area contributed by atoms with Gasteiger partial charge in [-0.25, -0.2) is 9.48 Å². The molecule has 0 radical (unpaired) electrons. The summed E-state index contributed by atoms with van der Waals surface area (Å²) in [6.45, 7) is 3.25. The van der Waals surface area contributed by atoms with Crippen molar-refractivity contribution in [2.45, 2.75) is 13.8 Å². The molecule has 0 unspecified atom stereocenters. The monoisotopic (exact) mass is 410 g/mol. The predicted octanol–water partition coefficient (Wildman–Crippen LogP) is 3.19. The zero-order chi connectivity index (χ0) is 21.7. The lowest BCUT2D eigenvalue weighted by molar-refractivity contribution is -0.402. The number of amides is 1. The molecule has 1 aromatic carbocycles. The SMILES string of the molecule is Cc1ccc(-n2nc(C)cc2NC(=O)COC(=O)/C=C/c2ccc([N+](=O)[O-])o2)cc1. The van der Waals surface area contributed by atoms with Gasteiger partial charge in [-0.05, 0) is 38.1 Å². The minimum Gasteiger partial charge on any atom is -0.452 e. The van der Waals surface area contributed by atoms with Crippen molar-refractivity contribution in [1.82, 2.24) is 9.78 Å². The largest absolute Gasteiger partial charge is 0.452 e. The highest BCUT2D eigenvalue weighted by Crippen LogP contribution is 2.18. The van der Waals surface area contributed by atoms with E-state index < -0.39 is 29.3 Å². The molecule has 10 heteroatoms. The van der Waals surface area contributed by atoms with Crippen molar-refractivity contribution in [2.24, 2.45) is 0 Å². The molecule has 0 aliphatic rings. The van der Waals surface area contributed by atoms with Crippen molar-refractivity contribution >= 4 is 29.7 Å². The summed E-state index contributed by atoms with van der Waals surface area (Å²) < 4.78 is 11.3. The van der Waals surface area contributed by atoms with Crippen molar-refractivity contribution in [2.75, 3.05) is 11.9 Å². The first-order valence-electron chi connectivity index (χ1n) is 8.84. The molecule has 0 aliphatic carbocycles. The van der Waals surface area contributed by atoms with E-state index in [4.69, 9.17) is 9.15 Å². The Bertz CT molecular complexity index is 1110. The maximum absolute atomic E-state index is 12.2. The molecular formula is C20H18N4O6. The number of rotatable bonds is 7. The van der Waals surface area contributed by atoms with Crippen molar-refractivity contribution in [3.8, 4) is 5.69 Å². The smallest absolute Gasteiger partial charge is 0.433 e. The minimum atomic E-state index is -0.799. The van der Waals surface area contributed by atoms with Crippen LogP contribution in [-0.2, 0) is 14.3 Å². The highest BCUT2D eigenvalue weighted by molar-refractivity contribution is 5.94. The van der Waals surface area contributed by atoms with Gasteiger partial charge in [-0.15, -0.1) is 0 Å². The summed E-state index contributed by atoms with van der Waals surface area (Å²) in [7, 11) is 0. The van der Waals surface area contributed by atoms with E-state index in [0.29, 0.717) is 11.5 Å². The molecule has 2 aromatic heterocycles. The van der Waals surface area contributed by atoms with Crippen LogP contribution in [0.5, 0.6) is 0 Å². The summed E-state index contributed by atoms with van der Waals surface area (Å²) in [5.41, 5.74) is 2.58. The molecule has 10 nitrogen and oxygen atoms in total. The number of esters is 1. The first-order chi connectivity index (χ1) is 14.3. The van der Waals surface area contributed by atoms with Crippen molar-refractivity contribution in [1.29, 1.82) is 0 Å². The predicted molar refractivity (Wildman–Crippen MR) is 107 cm³/mol. The molecular weight excluding hydrogens is 392 g/mol. The maximum Gasteiger partial charge on any atom is 0.433 e. The Balaban J connectivity index is 1.57. The van der Waals surface area contributed by atoms with Crippen LogP contribution in [0.3, 0.4) is 0 Å². The summed E-state index contributed by atoms with van der Waals surface area (Å²) in [5.74, 6) is -1.23. The lowest BCUT2D eigenvalue weighted by atomic mass is 10.2. The molecule has 1 N–H and O–H groups in total. The van der Waals surface area contributed by atoms with Crippen LogP contribution in [-0.4, -0.2) is 33.2 Å². The van der Waals surface area contributed by atoms with Crippen LogP contribution >= 0.6 is 0 Å². The van der Waals surface area contributed by atoms with E-state index >= 15 is 0 Å². The Labute approximate surface area is 170 Å². The third kappa shape index (κ3) is 5.19. The Morgan fingerprint density at radius 2 is 1.97 bits per heavy atom. The average molecular weight is 410 g/mol. The third-order valence-corrected chi connectivity index (χ3v) is 3.90. The number of hydrogen-bond acceptors (Lipinski definition) is 7. The number of hydrogen-bond donors (Lipinski definition) is 1. The van der Waals surface area contributed by atoms with Gasteiger partial charge in [0, 0.05) is 12.1 Å². The second kappa shape index (κ2) is 8.86. The number of aromatic nitrogens is 2. The van der Waals surface area contributed by atoms with Gasteiger partial charge in [-0.2, -0.15) is 5.10 Å². The van der Waals surface area contributed by atoms with Crippen LogP contribution in [0.4, 0.5) is 11.7 Å². The molecule has 0 saturated heterocycles. The van der Waals surface area contributed by atoms with Gasteiger partial charge in [-0.1, -0.05) is 17.7 Å². The standard InChI is InChI=1S/C20H18N4O6/c1-13-3-5-15(6-4-13)23-17(11-14(2)22-23)21-18(25)12-29-20(26)10-8-16-7-9-19(30-16)24(27)28/h3-11H,12H2,1-2H3,(H,21,25)/b10-8+. The van der Waals surface area contributed by atoms with Crippen LogP contribution in [0.2, 0.25) is 0 Å². The van der Waals surface area contributed by atoms with E-state index in [1.54, 1.807) is 17.7 Å². The Hall–Kier alpha value is -4.21. The normalized spacial score (nSPS) is 10.9. The van der Waals surface area contributed by atoms with Crippen LogP contribution in [0.25, 0.3) is 11.8 Å². The molecule has 0 spiro atoms. The molecule has 0 fully saturated rings. The fourth-order valence-electron chi connectivity index (χ4n) is 2.52. The minimum absolute atomic E-state index is 0.112. The van der Waals surface area contributed by atoms with E-state index in [2.05, 4.69) is 10.4 Å². The number of ether oxygens (including phenoxy) is 1. The van der Waals surface area contributed by atoms with Crippen LogP contribution < -0.4 is 5.32 Å². The number of nitrogens with zero attached hydrogens (tertiary/aromatic N) is 3. The number of anilines is 1. The lowest BCUT2D eigenvalue weighted by Gasteiger charge is -2.09. The molecule has 1 amide bonds. The highest BCUT2D eigenvalue weighted by atomic mass is 16.6. The summed E-state index contributed by atoms with van der Waals surface area (Å²) in [6, 6.07) is 11.8. The summed E-state index contributed by atoms with van der Waals surface area (Å²) >= 11 is 0. The summed E-state index contributed by atoms with van der Waals surface area (Å²) in [6.07, 6.45) is 2.22. The fraction of sp³-hybridized carbons (Fsp3) is 0.150. The van der Waals surface area contributed by atoms with E-state index in [0.717, 1.165) is 23.4 Å².